The Hall–Kier alpha value is -3.36. The van der Waals surface area contributed by atoms with Gasteiger partial charge in [-0.1, -0.05) is 0 Å². The molecule has 2 heterocycles. The number of hydrogen-bond donors (Lipinski definition) is 2. The fraction of sp³-hybridized carbons (Fsp3) is 0.0714. The van der Waals surface area contributed by atoms with Crippen molar-refractivity contribution in [1.82, 2.24) is 19.6 Å². The summed E-state index contributed by atoms with van der Waals surface area (Å²) in [5.41, 5.74) is 0.999. The predicted octanol–water partition coefficient (Wildman–Crippen LogP) is 1.52. The van der Waals surface area contributed by atoms with Gasteiger partial charge in [0.25, 0.3) is 17.5 Å². The number of carbonyl (C=O) groups is 2. The number of carbonyl (C=O) groups excluding carboxylic acids is 1. The lowest BCUT2D eigenvalue weighted by atomic mass is 10.2. The van der Waals surface area contributed by atoms with E-state index >= 15 is 0 Å². The highest BCUT2D eigenvalue weighted by molar-refractivity contribution is 6.04. The maximum Gasteiger partial charge on any atom is 0.375 e. The topological polar surface area (TPSA) is 109 Å². The number of halogens is 1. The van der Waals surface area contributed by atoms with Gasteiger partial charge < -0.3 is 10.4 Å². The van der Waals surface area contributed by atoms with E-state index in [0.29, 0.717) is 11.4 Å². The first-order valence-corrected chi connectivity index (χ1v) is 6.48. The van der Waals surface area contributed by atoms with Crippen LogP contribution in [0.4, 0.5) is 10.1 Å². The summed E-state index contributed by atoms with van der Waals surface area (Å²) < 4.78 is 14.0. The normalized spacial score (nSPS) is 10.7. The summed E-state index contributed by atoms with van der Waals surface area (Å²) >= 11 is 0. The van der Waals surface area contributed by atoms with E-state index in [2.05, 4.69) is 20.4 Å². The first-order chi connectivity index (χ1) is 11.0. The fourth-order valence-corrected chi connectivity index (χ4v) is 1.99. The lowest BCUT2D eigenvalue weighted by Gasteiger charge is -2.08. The molecule has 0 radical (unpaired) electrons. The third kappa shape index (κ3) is 2.71. The highest BCUT2D eigenvalue weighted by atomic mass is 19.1. The minimum Gasteiger partial charge on any atom is -0.475 e. The zero-order valence-electron chi connectivity index (χ0n) is 11.8. The number of amides is 1. The monoisotopic (exact) mass is 315 g/mol. The van der Waals surface area contributed by atoms with Crippen LogP contribution in [0.3, 0.4) is 0 Å². The van der Waals surface area contributed by atoms with Gasteiger partial charge in [-0.05, 0) is 31.2 Å². The molecule has 0 unspecified atom stereocenters. The van der Waals surface area contributed by atoms with E-state index in [-0.39, 0.29) is 11.3 Å². The minimum atomic E-state index is -1.28. The molecule has 2 aromatic heterocycles. The molecule has 9 heteroatoms. The smallest absolute Gasteiger partial charge is 0.375 e. The van der Waals surface area contributed by atoms with E-state index in [1.165, 1.54) is 35.0 Å². The molecule has 0 aliphatic heterocycles. The van der Waals surface area contributed by atoms with E-state index < -0.39 is 23.5 Å². The van der Waals surface area contributed by atoms with Gasteiger partial charge in [-0.3, -0.25) is 4.79 Å². The number of nitrogens with one attached hydrogen (secondary N) is 1. The second kappa shape index (κ2) is 5.44. The highest BCUT2D eigenvalue weighted by Gasteiger charge is 2.17. The first-order valence-electron chi connectivity index (χ1n) is 6.48. The van der Waals surface area contributed by atoms with Gasteiger partial charge in [-0.25, -0.2) is 14.2 Å². The number of carboxylic acid groups (broad SMARTS) is 1. The van der Waals surface area contributed by atoms with Crippen LogP contribution in [0.2, 0.25) is 0 Å². The highest BCUT2D eigenvalue weighted by Crippen LogP contribution is 2.13. The molecule has 0 fully saturated rings. The summed E-state index contributed by atoms with van der Waals surface area (Å²) in [4.78, 5) is 30.8. The lowest BCUT2D eigenvalue weighted by molar-refractivity contribution is 0.0683. The molecule has 0 atom stereocenters. The largest absolute Gasteiger partial charge is 0.475 e. The molecule has 1 aromatic carbocycles. The molecule has 2 N–H and O–H groups in total. The second-order valence-electron chi connectivity index (χ2n) is 4.67. The van der Waals surface area contributed by atoms with Gasteiger partial charge in [0.15, 0.2) is 0 Å². The first kappa shape index (κ1) is 14.6. The molecule has 116 valence electrons. The Bertz CT molecular complexity index is 920. The molecule has 23 heavy (non-hydrogen) atoms. The molecule has 3 rings (SSSR count). The summed E-state index contributed by atoms with van der Waals surface area (Å²) in [5, 5.41) is 15.3. The average Bonchev–Trinajstić information content (AvgIpc) is 2.95. The van der Waals surface area contributed by atoms with Crippen molar-refractivity contribution in [3.8, 4) is 0 Å². The molecular weight excluding hydrogens is 305 g/mol. The maximum absolute atomic E-state index is 12.9. The fourth-order valence-electron chi connectivity index (χ4n) is 1.99. The molecule has 1 amide bonds. The van der Waals surface area contributed by atoms with Crippen LogP contribution >= 0.6 is 0 Å². The van der Waals surface area contributed by atoms with Crippen LogP contribution in [0.15, 0.2) is 30.5 Å². The van der Waals surface area contributed by atoms with Gasteiger partial charge in [-0.15, -0.1) is 5.10 Å². The van der Waals surface area contributed by atoms with Crippen LogP contribution < -0.4 is 5.32 Å². The van der Waals surface area contributed by atoms with E-state index in [1.807, 2.05) is 0 Å². The number of hydrogen-bond acceptors (Lipinski definition) is 5. The molecule has 3 aromatic rings. The van der Waals surface area contributed by atoms with Gasteiger partial charge >= 0.3 is 5.97 Å². The Morgan fingerprint density at radius 3 is 2.61 bits per heavy atom. The molecule has 0 saturated carbocycles. The second-order valence-corrected chi connectivity index (χ2v) is 4.67. The van der Waals surface area contributed by atoms with E-state index in [1.54, 1.807) is 6.92 Å². The summed E-state index contributed by atoms with van der Waals surface area (Å²) in [6, 6.07) is 5.29. The Labute approximate surface area is 128 Å². The molecule has 0 saturated heterocycles. The van der Waals surface area contributed by atoms with Gasteiger partial charge in [0.05, 0.1) is 11.3 Å². The van der Waals surface area contributed by atoms with E-state index in [0.717, 1.165) is 0 Å². The number of nitrogens with zero attached hydrogens (tertiary/aromatic N) is 4. The number of fused-ring (bicyclic) bond motifs is 1. The third-order valence-corrected chi connectivity index (χ3v) is 3.14. The van der Waals surface area contributed by atoms with Crippen molar-refractivity contribution in [3.63, 3.8) is 0 Å². The zero-order valence-corrected chi connectivity index (χ0v) is 11.8. The van der Waals surface area contributed by atoms with Crippen molar-refractivity contribution in [2.75, 3.05) is 5.32 Å². The van der Waals surface area contributed by atoms with Crippen molar-refractivity contribution in [1.29, 1.82) is 0 Å². The number of anilines is 1. The minimum absolute atomic E-state index is 0.0817. The number of benzene rings is 1. The van der Waals surface area contributed by atoms with Crippen LogP contribution in [0.25, 0.3) is 5.78 Å². The molecule has 0 bridgehead atoms. The van der Waals surface area contributed by atoms with Crippen LogP contribution in [-0.4, -0.2) is 36.6 Å². The third-order valence-electron chi connectivity index (χ3n) is 3.14. The summed E-state index contributed by atoms with van der Waals surface area (Å²) in [6.07, 6.45) is 1.28. The maximum atomic E-state index is 12.9. The van der Waals surface area contributed by atoms with E-state index in [4.69, 9.17) is 5.11 Å². The zero-order chi connectivity index (χ0) is 16.6. The van der Waals surface area contributed by atoms with Crippen molar-refractivity contribution in [3.05, 3.63) is 53.4 Å². The quantitative estimate of drug-likeness (QED) is 0.758. The Morgan fingerprint density at radius 2 is 1.96 bits per heavy atom. The summed E-state index contributed by atoms with van der Waals surface area (Å²) in [7, 11) is 0. The summed E-state index contributed by atoms with van der Waals surface area (Å²) in [6.45, 7) is 1.59. The Kier molecular flexibility index (Phi) is 3.45. The number of rotatable bonds is 3. The molecule has 0 spiro atoms. The van der Waals surface area contributed by atoms with Gasteiger partial charge in [0.2, 0.25) is 0 Å². The van der Waals surface area contributed by atoms with Crippen LogP contribution in [-0.2, 0) is 0 Å². The SMILES string of the molecule is Cc1c(C(=O)Nc2ccc(F)cc2)cnc2nc(C(=O)O)nn12. The van der Waals surface area contributed by atoms with Gasteiger partial charge in [-0.2, -0.15) is 9.50 Å². The number of aromatic carboxylic acids is 1. The lowest BCUT2D eigenvalue weighted by Crippen LogP contribution is -2.16. The van der Waals surface area contributed by atoms with Crippen molar-refractivity contribution in [2.45, 2.75) is 6.92 Å². The van der Waals surface area contributed by atoms with Crippen molar-refractivity contribution >= 4 is 23.3 Å². The molecular formula is C14H10FN5O3. The van der Waals surface area contributed by atoms with Crippen LogP contribution in [0.1, 0.15) is 26.7 Å². The average molecular weight is 315 g/mol. The molecule has 0 aliphatic carbocycles. The Morgan fingerprint density at radius 1 is 1.26 bits per heavy atom. The number of aromatic nitrogens is 4. The van der Waals surface area contributed by atoms with Gasteiger partial charge in [0, 0.05) is 11.9 Å². The van der Waals surface area contributed by atoms with Crippen LogP contribution in [0.5, 0.6) is 0 Å². The van der Waals surface area contributed by atoms with Crippen molar-refractivity contribution < 1.29 is 19.1 Å². The molecule has 0 aliphatic rings. The number of aryl methyl sites for hydroxylation is 1. The standard InChI is InChI=1S/C14H10FN5O3/c1-7-10(12(21)17-9-4-2-8(15)3-5-9)6-16-14-18-11(13(22)23)19-20(7)14/h2-6H,1H3,(H,17,21)(H,22,23). The molecule has 8 nitrogen and oxygen atoms in total. The van der Waals surface area contributed by atoms with Crippen LogP contribution in [0, 0.1) is 12.7 Å². The van der Waals surface area contributed by atoms with Crippen molar-refractivity contribution in [2.24, 2.45) is 0 Å². The van der Waals surface area contributed by atoms with Gasteiger partial charge in [0.1, 0.15) is 5.82 Å². The summed E-state index contributed by atoms with van der Waals surface area (Å²) in [5.74, 6) is -2.50. The Balaban J connectivity index is 1.95. The van der Waals surface area contributed by atoms with E-state index in [9.17, 15) is 14.0 Å². The number of carboxylic acids is 1. The predicted molar refractivity (Wildman–Crippen MR) is 76.8 cm³/mol.